The molecular formula is C14H28N2O2. The fraction of sp³-hybridized carbons (Fsp3) is 0.929. The van der Waals surface area contributed by atoms with Gasteiger partial charge in [-0.2, -0.15) is 0 Å². The van der Waals surface area contributed by atoms with Gasteiger partial charge in [-0.05, 0) is 44.9 Å². The molecule has 0 aliphatic heterocycles. The third kappa shape index (κ3) is 5.25. The van der Waals surface area contributed by atoms with Crippen LogP contribution in [-0.4, -0.2) is 31.3 Å². The lowest BCUT2D eigenvalue weighted by molar-refractivity contribution is 0.0528. The summed E-state index contributed by atoms with van der Waals surface area (Å²) in [7, 11) is 0. The van der Waals surface area contributed by atoms with E-state index >= 15 is 0 Å². The highest BCUT2D eigenvalue weighted by atomic mass is 16.6. The Hall–Kier alpha value is -0.770. The van der Waals surface area contributed by atoms with Gasteiger partial charge in [-0.1, -0.05) is 13.8 Å². The van der Waals surface area contributed by atoms with Crippen molar-refractivity contribution in [2.24, 2.45) is 11.3 Å². The molecule has 1 saturated carbocycles. The topological polar surface area (TPSA) is 50.4 Å². The van der Waals surface area contributed by atoms with Crippen molar-refractivity contribution in [1.82, 2.24) is 10.6 Å². The Morgan fingerprint density at radius 2 is 1.89 bits per heavy atom. The van der Waals surface area contributed by atoms with Crippen LogP contribution in [0, 0.1) is 11.3 Å². The lowest BCUT2D eigenvalue weighted by Gasteiger charge is -2.21. The number of amides is 1. The summed E-state index contributed by atoms with van der Waals surface area (Å²) in [4.78, 5) is 11.4. The Morgan fingerprint density at radius 1 is 1.28 bits per heavy atom. The molecule has 0 heterocycles. The Kier molecular flexibility index (Phi) is 5.02. The number of ether oxygens (including phenoxy) is 1. The van der Waals surface area contributed by atoms with Gasteiger partial charge in [0.05, 0.1) is 0 Å². The summed E-state index contributed by atoms with van der Waals surface area (Å²) >= 11 is 0. The molecular weight excluding hydrogens is 228 g/mol. The number of hydrogen-bond acceptors (Lipinski definition) is 3. The molecule has 1 rings (SSSR count). The molecule has 106 valence electrons. The Balaban J connectivity index is 2.04. The molecule has 1 amide bonds. The molecule has 2 N–H and O–H groups in total. The van der Waals surface area contributed by atoms with Gasteiger partial charge in [0, 0.05) is 19.6 Å². The predicted molar refractivity (Wildman–Crippen MR) is 73.6 cm³/mol. The molecule has 1 aliphatic carbocycles. The summed E-state index contributed by atoms with van der Waals surface area (Å²) in [6, 6.07) is 0. The van der Waals surface area contributed by atoms with Crippen molar-refractivity contribution < 1.29 is 9.53 Å². The SMILES string of the molecule is CC(C)C1(CNCCNC(=O)OC(C)(C)C)CC1. The van der Waals surface area contributed by atoms with E-state index in [2.05, 4.69) is 24.5 Å². The summed E-state index contributed by atoms with van der Waals surface area (Å²) in [5.74, 6) is 0.740. The first-order valence-corrected chi connectivity index (χ1v) is 6.93. The van der Waals surface area contributed by atoms with Crippen LogP contribution in [-0.2, 0) is 4.74 Å². The molecule has 0 aromatic carbocycles. The minimum Gasteiger partial charge on any atom is -0.444 e. The highest BCUT2D eigenvalue weighted by molar-refractivity contribution is 5.67. The van der Waals surface area contributed by atoms with Gasteiger partial charge in [0.1, 0.15) is 5.60 Å². The number of nitrogens with one attached hydrogen (secondary N) is 2. The quantitative estimate of drug-likeness (QED) is 0.718. The molecule has 0 saturated heterocycles. The first-order chi connectivity index (χ1) is 8.25. The minimum absolute atomic E-state index is 0.339. The van der Waals surface area contributed by atoms with Crippen molar-refractivity contribution in [2.75, 3.05) is 19.6 Å². The molecule has 0 bridgehead atoms. The molecule has 4 nitrogen and oxygen atoms in total. The van der Waals surface area contributed by atoms with Crippen LogP contribution in [0.25, 0.3) is 0 Å². The van der Waals surface area contributed by atoms with Crippen LogP contribution in [0.15, 0.2) is 0 Å². The van der Waals surface area contributed by atoms with Crippen LogP contribution in [0.5, 0.6) is 0 Å². The summed E-state index contributed by atoms with van der Waals surface area (Å²) in [5, 5.41) is 6.17. The van der Waals surface area contributed by atoms with Crippen LogP contribution in [0.2, 0.25) is 0 Å². The third-order valence-corrected chi connectivity index (χ3v) is 3.56. The van der Waals surface area contributed by atoms with Crippen molar-refractivity contribution in [3.05, 3.63) is 0 Å². The molecule has 0 aromatic rings. The second-order valence-electron chi connectivity index (χ2n) is 6.62. The molecule has 0 atom stereocenters. The Labute approximate surface area is 111 Å². The summed E-state index contributed by atoms with van der Waals surface area (Å²) in [6.07, 6.45) is 2.32. The van der Waals surface area contributed by atoms with Crippen molar-refractivity contribution in [2.45, 2.75) is 53.1 Å². The number of carbonyl (C=O) groups is 1. The first-order valence-electron chi connectivity index (χ1n) is 6.93. The molecule has 0 radical (unpaired) electrons. The average molecular weight is 256 g/mol. The van der Waals surface area contributed by atoms with E-state index in [9.17, 15) is 4.79 Å². The van der Waals surface area contributed by atoms with E-state index in [-0.39, 0.29) is 6.09 Å². The fourth-order valence-corrected chi connectivity index (χ4v) is 2.02. The van der Waals surface area contributed by atoms with Crippen molar-refractivity contribution in [3.8, 4) is 0 Å². The molecule has 4 heteroatoms. The van der Waals surface area contributed by atoms with Gasteiger partial charge < -0.3 is 15.4 Å². The van der Waals surface area contributed by atoms with E-state index in [4.69, 9.17) is 4.74 Å². The highest BCUT2D eigenvalue weighted by Crippen LogP contribution is 2.51. The standard InChI is InChI=1S/C14H28N2O2/c1-11(2)14(6-7-14)10-15-8-9-16-12(17)18-13(3,4)5/h11,15H,6-10H2,1-5H3,(H,16,17). The van der Waals surface area contributed by atoms with Gasteiger partial charge in [-0.3, -0.25) is 0 Å². The van der Waals surface area contributed by atoms with Crippen molar-refractivity contribution >= 4 is 6.09 Å². The molecule has 0 spiro atoms. The fourth-order valence-electron chi connectivity index (χ4n) is 2.02. The lowest BCUT2D eigenvalue weighted by atomic mass is 9.92. The second-order valence-corrected chi connectivity index (χ2v) is 6.62. The van der Waals surface area contributed by atoms with Crippen LogP contribution < -0.4 is 10.6 Å². The molecule has 0 aromatic heterocycles. The Morgan fingerprint density at radius 3 is 2.33 bits per heavy atom. The predicted octanol–water partition coefficient (Wildman–Crippen LogP) is 2.54. The number of carbonyl (C=O) groups excluding carboxylic acids is 1. The van der Waals surface area contributed by atoms with Crippen LogP contribution >= 0.6 is 0 Å². The molecule has 1 fully saturated rings. The third-order valence-electron chi connectivity index (χ3n) is 3.56. The van der Waals surface area contributed by atoms with Crippen molar-refractivity contribution in [3.63, 3.8) is 0 Å². The maximum atomic E-state index is 11.4. The number of hydrogen-bond donors (Lipinski definition) is 2. The highest BCUT2D eigenvalue weighted by Gasteiger charge is 2.44. The number of rotatable bonds is 6. The van der Waals surface area contributed by atoms with Gasteiger partial charge >= 0.3 is 6.09 Å². The van der Waals surface area contributed by atoms with Crippen molar-refractivity contribution in [1.29, 1.82) is 0 Å². The smallest absolute Gasteiger partial charge is 0.407 e. The van der Waals surface area contributed by atoms with Crippen LogP contribution in [0.1, 0.15) is 47.5 Å². The zero-order valence-electron chi connectivity index (χ0n) is 12.4. The molecule has 0 unspecified atom stereocenters. The first kappa shape index (κ1) is 15.3. The number of alkyl carbamates (subject to hydrolysis) is 1. The molecule has 1 aliphatic rings. The minimum atomic E-state index is -0.423. The normalized spacial score (nSPS) is 17.7. The van der Waals surface area contributed by atoms with Gasteiger partial charge in [-0.25, -0.2) is 4.79 Å². The zero-order chi connectivity index (χ0) is 13.8. The lowest BCUT2D eigenvalue weighted by Crippen LogP contribution is -2.38. The summed E-state index contributed by atoms with van der Waals surface area (Å²) in [5.41, 5.74) is 0.0964. The van der Waals surface area contributed by atoms with E-state index in [0.29, 0.717) is 12.0 Å². The Bertz CT molecular complexity index is 278. The maximum Gasteiger partial charge on any atom is 0.407 e. The van der Waals surface area contributed by atoms with Crippen LogP contribution in [0.4, 0.5) is 4.79 Å². The van der Waals surface area contributed by atoms with E-state index in [1.165, 1.54) is 12.8 Å². The van der Waals surface area contributed by atoms with Gasteiger partial charge in [0.25, 0.3) is 0 Å². The zero-order valence-corrected chi connectivity index (χ0v) is 12.4. The van der Waals surface area contributed by atoms with Gasteiger partial charge in [-0.15, -0.1) is 0 Å². The summed E-state index contributed by atoms with van der Waals surface area (Å²) in [6.45, 7) is 12.6. The van der Waals surface area contributed by atoms with Crippen LogP contribution in [0.3, 0.4) is 0 Å². The summed E-state index contributed by atoms with van der Waals surface area (Å²) < 4.78 is 5.16. The van der Waals surface area contributed by atoms with E-state index < -0.39 is 5.60 Å². The second kappa shape index (κ2) is 5.91. The monoisotopic (exact) mass is 256 g/mol. The van der Waals surface area contributed by atoms with E-state index in [1.807, 2.05) is 20.8 Å². The van der Waals surface area contributed by atoms with E-state index in [1.54, 1.807) is 0 Å². The van der Waals surface area contributed by atoms with Gasteiger partial charge in [0.15, 0.2) is 0 Å². The average Bonchev–Trinajstić information content (AvgIpc) is 2.95. The largest absolute Gasteiger partial charge is 0.444 e. The van der Waals surface area contributed by atoms with Gasteiger partial charge in [0.2, 0.25) is 0 Å². The maximum absolute atomic E-state index is 11.4. The van der Waals surface area contributed by atoms with E-state index in [0.717, 1.165) is 19.0 Å². The molecule has 18 heavy (non-hydrogen) atoms.